The van der Waals surface area contributed by atoms with Crippen molar-refractivity contribution in [3.05, 3.63) is 35.9 Å². The summed E-state index contributed by atoms with van der Waals surface area (Å²) in [7, 11) is 0. The van der Waals surface area contributed by atoms with Gasteiger partial charge in [-0.3, -0.25) is 0 Å². The molecule has 0 spiro atoms. The van der Waals surface area contributed by atoms with E-state index in [2.05, 4.69) is 49.5 Å². The number of hydrogen-bond acceptors (Lipinski definition) is 1. The summed E-state index contributed by atoms with van der Waals surface area (Å²) < 4.78 is 0. The molecular formula is C13H19N. The van der Waals surface area contributed by atoms with Crippen LogP contribution in [0.2, 0.25) is 0 Å². The lowest BCUT2D eigenvalue weighted by Crippen LogP contribution is -2.45. The van der Waals surface area contributed by atoms with Crippen LogP contribution < -0.4 is 5.32 Å². The first-order chi connectivity index (χ1) is 6.67. The van der Waals surface area contributed by atoms with E-state index in [1.54, 1.807) is 0 Å². The second-order valence-corrected chi connectivity index (χ2v) is 4.91. The Hall–Kier alpha value is -0.820. The van der Waals surface area contributed by atoms with E-state index in [4.69, 9.17) is 0 Å². The first-order valence-corrected chi connectivity index (χ1v) is 5.47. The van der Waals surface area contributed by atoms with Gasteiger partial charge in [0.05, 0.1) is 0 Å². The maximum atomic E-state index is 3.56. The second-order valence-electron chi connectivity index (χ2n) is 4.91. The molecule has 1 aliphatic rings. The van der Waals surface area contributed by atoms with Crippen LogP contribution in [0.5, 0.6) is 0 Å². The highest BCUT2D eigenvalue weighted by molar-refractivity contribution is 5.21. The number of benzene rings is 1. The van der Waals surface area contributed by atoms with Gasteiger partial charge in [-0.1, -0.05) is 30.3 Å². The average molecular weight is 189 g/mol. The molecule has 1 aliphatic heterocycles. The summed E-state index contributed by atoms with van der Waals surface area (Å²) in [5, 5.41) is 3.56. The number of nitrogens with one attached hydrogen (secondary N) is 1. The van der Waals surface area contributed by atoms with Crippen LogP contribution in [0.15, 0.2) is 30.3 Å². The number of piperidine rings is 1. The van der Waals surface area contributed by atoms with Crippen LogP contribution in [0.25, 0.3) is 0 Å². The lowest BCUT2D eigenvalue weighted by molar-refractivity contribution is 0.275. The summed E-state index contributed by atoms with van der Waals surface area (Å²) in [5.41, 5.74) is 1.81. The first-order valence-electron chi connectivity index (χ1n) is 5.47. The number of hydrogen-bond donors (Lipinski definition) is 1. The largest absolute Gasteiger partial charge is 0.312 e. The van der Waals surface area contributed by atoms with E-state index in [1.165, 1.54) is 18.4 Å². The van der Waals surface area contributed by atoms with Crippen molar-refractivity contribution >= 4 is 0 Å². The van der Waals surface area contributed by atoms with Crippen LogP contribution in [0.3, 0.4) is 0 Å². The molecule has 1 atom stereocenters. The van der Waals surface area contributed by atoms with Crippen molar-refractivity contribution in [2.45, 2.75) is 38.1 Å². The van der Waals surface area contributed by atoms with Gasteiger partial charge in [0.15, 0.2) is 0 Å². The van der Waals surface area contributed by atoms with E-state index in [1.807, 2.05) is 0 Å². The molecule has 1 fully saturated rings. The van der Waals surface area contributed by atoms with Gasteiger partial charge in [-0.2, -0.15) is 0 Å². The van der Waals surface area contributed by atoms with Crippen LogP contribution >= 0.6 is 0 Å². The van der Waals surface area contributed by atoms with Gasteiger partial charge in [0.25, 0.3) is 0 Å². The molecule has 0 aliphatic carbocycles. The van der Waals surface area contributed by atoms with Crippen molar-refractivity contribution in [3.63, 3.8) is 0 Å². The van der Waals surface area contributed by atoms with Crippen molar-refractivity contribution < 1.29 is 0 Å². The lowest BCUT2D eigenvalue weighted by Gasteiger charge is -2.36. The van der Waals surface area contributed by atoms with Gasteiger partial charge in [-0.15, -0.1) is 0 Å². The van der Waals surface area contributed by atoms with Crippen LogP contribution in [0.4, 0.5) is 0 Å². The Morgan fingerprint density at radius 1 is 1.21 bits per heavy atom. The summed E-state index contributed by atoms with van der Waals surface area (Å²) in [4.78, 5) is 0. The minimum Gasteiger partial charge on any atom is -0.312 e. The summed E-state index contributed by atoms with van der Waals surface area (Å²) in [5.74, 6) is 0.743. The fourth-order valence-electron chi connectivity index (χ4n) is 2.38. The van der Waals surface area contributed by atoms with Gasteiger partial charge in [0.1, 0.15) is 0 Å². The molecule has 1 heterocycles. The maximum absolute atomic E-state index is 3.56. The summed E-state index contributed by atoms with van der Waals surface area (Å²) in [6.07, 6.45) is 2.52. The summed E-state index contributed by atoms with van der Waals surface area (Å²) in [6, 6.07) is 10.9. The zero-order valence-corrected chi connectivity index (χ0v) is 9.09. The minimum atomic E-state index is 0.304. The van der Waals surface area contributed by atoms with Gasteiger partial charge in [0.2, 0.25) is 0 Å². The van der Waals surface area contributed by atoms with Crippen molar-refractivity contribution in [1.29, 1.82) is 0 Å². The Bertz CT molecular complexity index is 289. The van der Waals surface area contributed by atoms with Gasteiger partial charge in [-0.05, 0) is 44.7 Å². The Balaban J connectivity index is 2.12. The van der Waals surface area contributed by atoms with Crippen LogP contribution in [0.1, 0.15) is 38.2 Å². The third-order valence-electron chi connectivity index (χ3n) is 3.12. The monoisotopic (exact) mass is 189 g/mol. The molecular weight excluding hydrogens is 170 g/mol. The van der Waals surface area contributed by atoms with Gasteiger partial charge in [0, 0.05) is 5.54 Å². The van der Waals surface area contributed by atoms with Gasteiger partial charge < -0.3 is 5.32 Å². The third kappa shape index (κ3) is 2.16. The van der Waals surface area contributed by atoms with Gasteiger partial charge >= 0.3 is 0 Å². The molecule has 0 radical (unpaired) electrons. The predicted octanol–water partition coefficient (Wildman–Crippen LogP) is 2.93. The van der Waals surface area contributed by atoms with Gasteiger partial charge in [-0.25, -0.2) is 0 Å². The lowest BCUT2D eigenvalue weighted by atomic mass is 9.81. The average Bonchev–Trinajstić information content (AvgIpc) is 2.18. The molecule has 1 unspecified atom stereocenters. The normalized spacial score (nSPS) is 26.0. The van der Waals surface area contributed by atoms with E-state index in [9.17, 15) is 0 Å². The van der Waals surface area contributed by atoms with Crippen molar-refractivity contribution in [1.82, 2.24) is 5.32 Å². The molecule has 0 saturated carbocycles. The van der Waals surface area contributed by atoms with Crippen molar-refractivity contribution in [2.24, 2.45) is 0 Å². The molecule has 2 rings (SSSR count). The van der Waals surface area contributed by atoms with E-state index >= 15 is 0 Å². The topological polar surface area (TPSA) is 12.0 Å². The number of rotatable bonds is 1. The molecule has 0 bridgehead atoms. The van der Waals surface area contributed by atoms with E-state index in [0.29, 0.717) is 5.54 Å². The molecule has 1 heteroatoms. The maximum Gasteiger partial charge on any atom is 0.0131 e. The molecule has 1 nitrogen and oxygen atoms in total. The molecule has 1 aromatic rings. The summed E-state index contributed by atoms with van der Waals surface area (Å²) >= 11 is 0. The SMILES string of the molecule is CC1(C)CC(c2ccccc2)CCN1. The summed E-state index contributed by atoms with van der Waals surface area (Å²) in [6.45, 7) is 5.73. The molecule has 0 aromatic heterocycles. The van der Waals surface area contributed by atoms with E-state index in [-0.39, 0.29) is 0 Å². The molecule has 1 aromatic carbocycles. The molecule has 1 N–H and O–H groups in total. The Labute approximate surface area is 86.5 Å². The second kappa shape index (κ2) is 3.74. The Morgan fingerprint density at radius 2 is 1.93 bits per heavy atom. The fraction of sp³-hybridized carbons (Fsp3) is 0.538. The zero-order chi connectivity index (χ0) is 10.0. The fourth-order valence-corrected chi connectivity index (χ4v) is 2.38. The highest BCUT2D eigenvalue weighted by atomic mass is 15.0. The highest BCUT2D eigenvalue weighted by Crippen LogP contribution is 2.31. The van der Waals surface area contributed by atoms with E-state index < -0.39 is 0 Å². The van der Waals surface area contributed by atoms with Crippen LogP contribution in [-0.2, 0) is 0 Å². The van der Waals surface area contributed by atoms with E-state index in [0.717, 1.165) is 12.5 Å². The first kappa shape index (κ1) is 9.72. The van der Waals surface area contributed by atoms with Crippen molar-refractivity contribution in [2.75, 3.05) is 6.54 Å². The quantitative estimate of drug-likeness (QED) is 0.716. The zero-order valence-electron chi connectivity index (χ0n) is 9.09. The Kier molecular flexibility index (Phi) is 2.60. The molecule has 1 saturated heterocycles. The van der Waals surface area contributed by atoms with Crippen LogP contribution in [-0.4, -0.2) is 12.1 Å². The standard InChI is InChI=1S/C13H19N/c1-13(2)10-12(8-9-14-13)11-6-4-3-5-7-11/h3-7,12,14H,8-10H2,1-2H3. The molecule has 76 valence electrons. The molecule has 0 amide bonds. The van der Waals surface area contributed by atoms with Crippen molar-refractivity contribution in [3.8, 4) is 0 Å². The highest BCUT2D eigenvalue weighted by Gasteiger charge is 2.27. The smallest absolute Gasteiger partial charge is 0.0131 e. The minimum absolute atomic E-state index is 0.304. The third-order valence-corrected chi connectivity index (χ3v) is 3.12. The molecule has 14 heavy (non-hydrogen) atoms. The predicted molar refractivity (Wildman–Crippen MR) is 60.5 cm³/mol. The Morgan fingerprint density at radius 3 is 2.57 bits per heavy atom. The van der Waals surface area contributed by atoms with Crippen LogP contribution in [0, 0.1) is 0 Å².